The molecule has 4 rings (SSSR count). The number of rotatable bonds is 4. The SMILES string of the molecule is NC(N)=NC[C@H]1CN(c2ccc(-c3ccc4c(c3)NC(=O)CO4)c(F)c2)C(=O)O1. The number of halogens is 1. The van der Waals surface area contributed by atoms with Crippen LogP contribution in [0.5, 0.6) is 5.75 Å². The number of ether oxygens (including phenoxy) is 2. The van der Waals surface area contributed by atoms with Crippen molar-refractivity contribution in [3.63, 3.8) is 0 Å². The molecule has 2 aliphatic rings. The summed E-state index contributed by atoms with van der Waals surface area (Å²) in [4.78, 5) is 28.8. The summed E-state index contributed by atoms with van der Waals surface area (Å²) in [5, 5.41) is 2.69. The van der Waals surface area contributed by atoms with E-state index in [-0.39, 0.29) is 31.6 Å². The minimum atomic E-state index is -0.596. The number of hydrogen-bond donors (Lipinski definition) is 3. The second kappa shape index (κ2) is 7.30. The highest BCUT2D eigenvalue weighted by Crippen LogP contribution is 2.35. The van der Waals surface area contributed by atoms with E-state index in [2.05, 4.69) is 10.3 Å². The zero-order valence-corrected chi connectivity index (χ0v) is 15.2. The zero-order chi connectivity index (χ0) is 20.5. The molecule has 5 N–H and O–H groups in total. The normalized spacial score (nSPS) is 17.8. The summed E-state index contributed by atoms with van der Waals surface area (Å²) in [6.07, 6.45) is -1.11. The zero-order valence-electron chi connectivity index (χ0n) is 15.2. The van der Waals surface area contributed by atoms with E-state index < -0.39 is 18.0 Å². The van der Waals surface area contributed by atoms with E-state index in [1.165, 1.54) is 11.0 Å². The predicted octanol–water partition coefficient (Wildman–Crippen LogP) is 1.42. The number of carbonyl (C=O) groups excluding carboxylic acids is 2. The number of aliphatic imine (C=N–C) groups is 1. The maximum absolute atomic E-state index is 14.8. The van der Waals surface area contributed by atoms with Crippen molar-refractivity contribution in [1.82, 2.24) is 0 Å². The Labute approximate surface area is 165 Å². The van der Waals surface area contributed by atoms with Crippen LogP contribution < -0.4 is 26.4 Å². The summed E-state index contributed by atoms with van der Waals surface area (Å²) in [5.74, 6) is -0.363. The molecule has 2 amide bonds. The maximum atomic E-state index is 14.8. The van der Waals surface area contributed by atoms with Crippen LogP contribution in [0.2, 0.25) is 0 Å². The molecule has 0 unspecified atom stereocenters. The Hall–Kier alpha value is -3.82. The highest BCUT2D eigenvalue weighted by Gasteiger charge is 2.32. The van der Waals surface area contributed by atoms with Crippen molar-refractivity contribution in [1.29, 1.82) is 0 Å². The second-order valence-electron chi connectivity index (χ2n) is 6.59. The number of benzene rings is 2. The van der Waals surface area contributed by atoms with Crippen LogP contribution in [0.15, 0.2) is 41.4 Å². The first-order valence-electron chi connectivity index (χ1n) is 8.81. The van der Waals surface area contributed by atoms with Gasteiger partial charge in [0.25, 0.3) is 5.91 Å². The number of guanidine groups is 1. The summed E-state index contributed by atoms with van der Waals surface area (Å²) < 4.78 is 25.3. The Bertz CT molecular complexity index is 1020. The fourth-order valence-electron chi connectivity index (χ4n) is 3.19. The van der Waals surface area contributed by atoms with Crippen molar-refractivity contribution < 1.29 is 23.5 Å². The fraction of sp³-hybridized carbons (Fsp3) is 0.211. The first-order valence-corrected chi connectivity index (χ1v) is 8.81. The largest absolute Gasteiger partial charge is 0.482 e. The number of nitrogens with one attached hydrogen (secondary N) is 1. The molecule has 2 aromatic carbocycles. The van der Waals surface area contributed by atoms with Gasteiger partial charge in [-0.2, -0.15) is 0 Å². The van der Waals surface area contributed by atoms with Gasteiger partial charge in [-0.15, -0.1) is 0 Å². The molecule has 0 aromatic heterocycles. The van der Waals surface area contributed by atoms with Crippen molar-refractivity contribution >= 4 is 29.3 Å². The molecule has 150 valence electrons. The van der Waals surface area contributed by atoms with Gasteiger partial charge in [0.1, 0.15) is 17.7 Å². The maximum Gasteiger partial charge on any atom is 0.414 e. The van der Waals surface area contributed by atoms with Gasteiger partial charge in [-0.25, -0.2) is 14.2 Å². The fourth-order valence-corrected chi connectivity index (χ4v) is 3.19. The van der Waals surface area contributed by atoms with Crippen LogP contribution in [-0.2, 0) is 9.53 Å². The van der Waals surface area contributed by atoms with Crippen LogP contribution in [0.3, 0.4) is 0 Å². The molecule has 1 fully saturated rings. The minimum Gasteiger partial charge on any atom is -0.482 e. The van der Waals surface area contributed by atoms with Gasteiger partial charge in [-0.3, -0.25) is 9.69 Å². The topological polar surface area (TPSA) is 132 Å². The van der Waals surface area contributed by atoms with Crippen molar-refractivity contribution in [2.24, 2.45) is 16.5 Å². The van der Waals surface area contributed by atoms with Crippen molar-refractivity contribution in [2.75, 3.05) is 29.9 Å². The summed E-state index contributed by atoms with van der Waals surface area (Å²) in [6.45, 7) is 0.288. The molecule has 10 heteroatoms. The highest BCUT2D eigenvalue weighted by molar-refractivity contribution is 5.96. The van der Waals surface area contributed by atoms with Gasteiger partial charge in [0.05, 0.1) is 24.5 Å². The van der Waals surface area contributed by atoms with Crippen molar-refractivity contribution in [2.45, 2.75) is 6.10 Å². The van der Waals surface area contributed by atoms with Crippen LogP contribution in [-0.4, -0.2) is 43.8 Å². The van der Waals surface area contributed by atoms with Gasteiger partial charge in [0.15, 0.2) is 12.6 Å². The number of cyclic esters (lactones) is 1. The van der Waals surface area contributed by atoms with Gasteiger partial charge < -0.3 is 26.3 Å². The number of nitrogens with two attached hydrogens (primary N) is 2. The number of carbonyl (C=O) groups is 2. The molecule has 0 spiro atoms. The Morgan fingerprint density at radius 3 is 2.83 bits per heavy atom. The lowest BCUT2D eigenvalue weighted by Crippen LogP contribution is -2.27. The van der Waals surface area contributed by atoms with Gasteiger partial charge in [0.2, 0.25) is 0 Å². The quantitative estimate of drug-likeness (QED) is 0.526. The van der Waals surface area contributed by atoms with Crippen LogP contribution in [0.4, 0.5) is 20.6 Å². The smallest absolute Gasteiger partial charge is 0.414 e. The van der Waals surface area contributed by atoms with E-state index in [1.54, 1.807) is 30.3 Å². The van der Waals surface area contributed by atoms with Gasteiger partial charge in [0, 0.05) is 5.56 Å². The Morgan fingerprint density at radius 1 is 1.24 bits per heavy atom. The van der Waals surface area contributed by atoms with E-state index in [0.29, 0.717) is 28.3 Å². The molecule has 29 heavy (non-hydrogen) atoms. The van der Waals surface area contributed by atoms with Crippen molar-refractivity contribution in [3.8, 4) is 16.9 Å². The highest BCUT2D eigenvalue weighted by atomic mass is 19.1. The van der Waals surface area contributed by atoms with Gasteiger partial charge in [-0.05, 0) is 35.9 Å². The van der Waals surface area contributed by atoms with E-state index >= 15 is 0 Å². The monoisotopic (exact) mass is 399 g/mol. The summed E-state index contributed by atoms with van der Waals surface area (Å²) >= 11 is 0. The number of anilines is 2. The van der Waals surface area contributed by atoms with Crippen LogP contribution in [0.25, 0.3) is 11.1 Å². The van der Waals surface area contributed by atoms with E-state index in [9.17, 15) is 14.0 Å². The number of nitrogens with zero attached hydrogens (tertiary/aromatic N) is 2. The lowest BCUT2D eigenvalue weighted by atomic mass is 10.0. The molecule has 0 aliphatic carbocycles. The molecule has 2 aromatic rings. The Balaban J connectivity index is 1.56. The third-order valence-electron chi connectivity index (χ3n) is 4.54. The third-order valence-corrected chi connectivity index (χ3v) is 4.54. The van der Waals surface area contributed by atoms with E-state index in [0.717, 1.165) is 0 Å². The lowest BCUT2D eigenvalue weighted by molar-refractivity contribution is -0.118. The molecular weight excluding hydrogens is 381 g/mol. The Kier molecular flexibility index (Phi) is 4.67. The minimum absolute atomic E-state index is 0.0501. The average molecular weight is 399 g/mol. The van der Waals surface area contributed by atoms with Crippen molar-refractivity contribution in [3.05, 3.63) is 42.2 Å². The predicted molar refractivity (Wildman–Crippen MR) is 104 cm³/mol. The summed E-state index contributed by atoms with van der Waals surface area (Å²) in [7, 11) is 0. The standard InChI is InChI=1S/C19H18FN5O4/c20-14-6-11(25-8-12(29-19(25)27)7-23-18(21)22)2-3-13(14)10-1-4-16-15(5-10)24-17(26)9-28-16/h1-6,12H,7-9H2,(H,24,26)(H4,21,22,23)/t12-/m0/s1. The molecule has 9 nitrogen and oxygen atoms in total. The summed E-state index contributed by atoms with van der Waals surface area (Å²) in [5.41, 5.74) is 12.3. The number of hydrogen-bond acceptors (Lipinski definition) is 5. The molecule has 0 radical (unpaired) electrons. The molecule has 0 saturated carbocycles. The molecule has 2 aliphatic heterocycles. The number of amides is 2. The molecule has 0 bridgehead atoms. The first kappa shape index (κ1) is 18.5. The van der Waals surface area contributed by atoms with E-state index in [4.69, 9.17) is 20.9 Å². The van der Waals surface area contributed by atoms with Crippen LogP contribution in [0.1, 0.15) is 0 Å². The second-order valence-corrected chi connectivity index (χ2v) is 6.59. The van der Waals surface area contributed by atoms with Crippen LogP contribution in [0, 0.1) is 5.82 Å². The molecular formula is C19H18FN5O4. The van der Waals surface area contributed by atoms with E-state index in [1.807, 2.05) is 0 Å². The van der Waals surface area contributed by atoms with Gasteiger partial charge >= 0.3 is 6.09 Å². The summed E-state index contributed by atoms with van der Waals surface area (Å²) in [6, 6.07) is 9.45. The average Bonchev–Trinajstić information content (AvgIpc) is 3.06. The molecule has 1 atom stereocenters. The first-order chi connectivity index (χ1) is 13.9. The number of fused-ring (bicyclic) bond motifs is 1. The molecule has 2 heterocycles. The lowest BCUT2D eigenvalue weighted by Gasteiger charge is -2.19. The Morgan fingerprint density at radius 2 is 2.07 bits per heavy atom. The third kappa shape index (κ3) is 3.77. The molecule has 1 saturated heterocycles. The van der Waals surface area contributed by atoms with Crippen LogP contribution >= 0.6 is 0 Å². The van der Waals surface area contributed by atoms with Gasteiger partial charge in [-0.1, -0.05) is 6.07 Å².